The molecular weight excluding hydrogens is 244 g/mol. The number of carboxylic acids is 1. The third-order valence-corrected chi connectivity index (χ3v) is 3.22. The molecule has 1 aromatic carbocycles. The number of nitrogens with two attached hydrogens (primary N) is 1. The Hall–Kier alpha value is -1.85. The molecule has 5 nitrogen and oxygen atoms in total. The van der Waals surface area contributed by atoms with Crippen LogP contribution in [0.25, 0.3) is 10.9 Å². The SMILES string of the molecule is C[C@@](O)(Cc1c[nH]c2ccccc12)C[C@@H](N)C(=O)O. The fraction of sp³-hybridized carbons (Fsp3) is 0.357. The quantitative estimate of drug-likeness (QED) is 0.652. The van der Waals surface area contributed by atoms with Crippen LogP contribution in [0.3, 0.4) is 0 Å². The number of carboxylic acid groups (broad SMARTS) is 1. The number of carbonyl (C=O) groups is 1. The number of aliphatic hydroxyl groups is 1. The lowest BCUT2D eigenvalue weighted by Gasteiger charge is -2.24. The zero-order valence-electron chi connectivity index (χ0n) is 10.8. The standard InChI is InChI=1S/C14H18N2O3/c1-14(19,7-11(15)13(17)18)6-9-8-16-12-5-3-2-4-10(9)12/h2-5,8,11,16,19H,6-7,15H2,1H3,(H,17,18)/t11-,14-/m1/s1. The van der Waals surface area contributed by atoms with Crippen molar-refractivity contribution in [3.8, 4) is 0 Å². The van der Waals surface area contributed by atoms with Gasteiger partial charge in [-0.3, -0.25) is 4.79 Å². The fourth-order valence-corrected chi connectivity index (χ4v) is 2.32. The maximum Gasteiger partial charge on any atom is 0.320 e. The Bertz CT molecular complexity index is 589. The van der Waals surface area contributed by atoms with Gasteiger partial charge in [0.05, 0.1) is 5.60 Å². The van der Waals surface area contributed by atoms with Crippen molar-refractivity contribution >= 4 is 16.9 Å². The minimum absolute atomic E-state index is 0.0157. The van der Waals surface area contributed by atoms with E-state index in [1.807, 2.05) is 30.5 Å². The summed E-state index contributed by atoms with van der Waals surface area (Å²) in [4.78, 5) is 13.9. The molecule has 1 heterocycles. The van der Waals surface area contributed by atoms with Gasteiger partial charge in [-0.1, -0.05) is 18.2 Å². The average molecular weight is 262 g/mol. The molecule has 0 unspecified atom stereocenters. The van der Waals surface area contributed by atoms with E-state index in [-0.39, 0.29) is 6.42 Å². The second kappa shape index (κ2) is 5.03. The Balaban J connectivity index is 2.17. The van der Waals surface area contributed by atoms with Gasteiger partial charge in [0.1, 0.15) is 6.04 Å². The number of fused-ring (bicyclic) bond motifs is 1. The van der Waals surface area contributed by atoms with Gasteiger partial charge in [-0.2, -0.15) is 0 Å². The van der Waals surface area contributed by atoms with Crippen LogP contribution in [0, 0.1) is 0 Å². The molecule has 0 aliphatic heterocycles. The number of hydrogen-bond donors (Lipinski definition) is 4. The third-order valence-electron chi connectivity index (χ3n) is 3.22. The molecule has 0 aliphatic rings. The van der Waals surface area contributed by atoms with Crippen molar-refractivity contribution < 1.29 is 15.0 Å². The van der Waals surface area contributed by atoms with E-state index in [1.165, 1.54) is 0 Å². The highest BCUT2D eigenvalue weighted by Gasteiger charge is 2.28. The van der Waals surface area contributed by atoms with E-state index >= 15 is 0 Å². The number of nitrogens with one attached hydrogen (secondary N) is 1. The van der Waals surface area contributed by atoms with Crippen molar-refractivity contribution in [1.82, 2.24) is 4.98 Å². The van der Waals surface area contributed by atoms with Crippen LogP contribution in [0.2, 0.25) is 0 Å². The highest BCUT2D eigenvalue weighted by atomic mass is 16.4. The van der Waals surface area contributed by atoms with Gasteiger partial charge in [0.2, 0.25) is 0 Å². The normalized spacial score (nSPS) is 16.2. The number of hydrogen-bond acceptors (Lipinski definition) is 3. The smallest absolute Gasteiger partial charge is 0.320 e. The number of rotatable bonds is 5. The Labute approximate surface area is 111 Å². The van der Waals surface area contributed by atoms with Crippen LogP contribution in [-0.4, -0.2) is 32.8 Å². The van der Waals surface area contributed by atoms with Crippen LogP contribution >= 0.6 is 0 Å². The fourth-order valence-electron chi connectivity index (χ4n) is 2.32. The molecule has 0 saturated carbocycles. The second-order valence-electron chi connectivity index (χ2n) is 5.18. The molecule has 0 saturated heterocycles. The highest BCUT2D eigenvalue weighted by molar-refractivity contribution is 5.83. The van der Waals surface area contributed by atoms with Crippen molar-refractivity contribution in [2.75, 3.05) is 0 Å². The van der Waals surface area contributed by atoms with E-state index in [1.54, 1.807) is 6.92 Å². The molecule has 0 aliphatic carbocycles. The van der Waals surface area contributed by atoms with Gasteiger partial charge in [-0.05, 0) is 18.6 Å². The van der Waals surface area contributed by atoms with Crippen molar-refractivity contribution in [3.05, 3.63) is 36.0 Å². The number of para-hydroxylation sites is 1. The van der Waals surface area contributed by atoms with Gasteiger partial charge in [0, 0.05) is 29.9 Å². The predicted octanol–water partition coefficient (Wildman–Crippen LogP) is 1.26. The minimum atomic E-state index is -1.15. The van der Waals surface area contributed by atoms with Crippen molar-refractivity contribution in [3.63, 3.8) is 0 Å². The molecule has 2 atom stereocenters. The summed E-state index contributed by atoms with van der Waals surface area (Å²) in [5.74, 6) is -1.10. The van der Waals surface area contributed by atoms with Gasteiger partial charge in [0.25, 0.3) is 0 Å². The van der Waals surface area contributed by atoms with Crippen LogP contribution in [0.1, 0.15) is 18.9 Å². The zero-order chi connectivity index (χ0) is 14.0. The largest absolute Gasteiger partial charge is 0.480 e. The van der Waals surface area contributed by atoms with Gasteiger partial charge in [-0.25, -0.2) is 0 Å². The van der Waals surface area contributed by atoms with E-state index in [0.29, 0.717) is 6.42 Å². The monoisotopic (exact) mass is 262 g/mol. The van der Waals surface area contributed by atoms with Crippen molar-refractivity contribution in [2.45, 2.75) is 31.4 Å². The topological polar surface area (TPSA) is 99.3 Å². The molecule has 19 heavy (non-hydrogen) atoms. The summed E-state index contributed by atoms with van der Waals surface area (Å²) >= 11 is 0. The van der Waals surface area contributed by atoms with Gasteiger partial charge in [-0.15, -0.1) is 0 Å². The maximum atomic E-state index is 10.7. The molecule has 102 valence electrons. The summed E-state index contributed by atoms with van der Waals surface area (Å²) in [6, 6.07) is 6.73. The first-order valence-electron chi connectivity index (χ1n) is 6.15. The number of aromatic nitrogens is 1. The van der Waals surface area contributed by atoms with E-state index in [4.69, 9.17) is 10.8 Å². The lowest BCUT2D eigenvalue weighted by atomic mass is 9.90. The predicted molar refractivity (Wildman–Crippen MR) is 72.9 cm³/mol. The first-order chi connectivity index (χ1) is 8.89. The first-order valence-corrected chi connectivity index (χ1v) is 6.15. The lowest BCUT2D eigenvalue weighted by Crippen LogP contribution is -2.40. The Morgan fingerprint density at radius 2 is 2.16 bits per heavy atom. The van der Waals surface area contributed by atoms with Gasteiger partial charge < -0.3 is 20.9 Å². The highest BCUT2D eigenvalue weighted by Crippen LogP contribution is 2.24. The second-order valence-corrected chi connectivity index (χ2v) is 5.18. The van der Waals surface area contributed by atoms with Crippen LogP contribution in [0.4, 0.5) is 0 Å². The van der Waals surface area contributed by atoms with Crippen LogP contribution in [0.15, 0.2) is 30.5 Å². The summed E-state index contributed by atoms with van der Waals surface area (Å²) < 4.78 is 0. The van der Waals surface area contributed by atoms with Crippen LogP contribution in [0.5, 0.6) is 0 Å². The number of benzene rings is 1. The van der Waals surface area contributed by atoms with E-state index in [0.717, 1.165) is 16.5 Å². The summed E-state index contributed by atoms with van der Waals surface area (Å²) in [6.07, 6.45) is 2.21. The van der Waals surface area contributed by atoms with E-state index < -0.39 is 17.6 Å². The summed E-state index contributed by atoms with van der Waals surface area (Å²) in [7, 11) is 0. The summed E-state index contributed by atoms with van der Waals surface area (Å²) in [5.41, 5.74) is 6.28. The van der Waals surface area contributed by atoms with Gasteiger partial charge >= 0.3 is 5.97 Å². The number of aliphatic carboxylic acids is 1. The number of H-pyrrole nitrogens is 1. The minimum Gasteiger partial charge on any atom is -0.480 e. The lowest BCUT2D eigenvalue weighted by molar-refractivity contribution is -0.140. The molecule has 0 radical (unpaired) electrons. The molecule has 1 aromatic heterocycles. The molecule has 2 rings (SSSR count). The molecule has 0 amide bonds. The molecule has 2 aromatic rings. The first kappa shape index (κ1) is 13.6. The van der Waals surface area contributed by atoms with Crippen molar-refractivity contribution in [2.24, 2.45) is 5.73 Å². The Morgan fingerprint density at radius 3 is 2.84 bits per heavy atom. The number of aromatic amines is 1. The Kier molecular flexibility index (Phi) is 3.59. The van der Waals surface area contributed by atoms with Gasteiger partial charge in [0.15, 0.2) is 0 Å². The molecular formula is C14H18N2O3. The third kappa shape index (κ3) is 3.13. The maximum absolute atomic E-state index is 10.7. The Morgan fingerprint density at radius 1 is 1.47 bits per heavy atom. The zero-order valence-corrected chi connectivity index (χ0v) is 10.8. The van der Waals surface area contributed by atoms with Crippen molar-refractivity contribution in [1.29, 1.82) is 0 Å². The van der Waals surface area contributed by atoms with E-state index in [9.17, 15) is 9.90 Å². The summed E-state index contributed by atoms with van der Waals surface area (Å²) in [5, 5.41) is 20.1. The van der Waals surface area contributed by atoms with E-state index in [2.05, 4.69) is 4.98 Å². The van der Waals surface area contributed by atoms with Crippen LogP contribution in [-0.2, 0) is 11.2 Å². The summed E-state index contributed by atoms with van der Waals surface area (Å²) in [6.45, 7) is 1.61. The average Bonchev–Trinajstić information content (AvgIpc) is 2.71. The molecule has 0 bridgehead atoms. The molecule has 5 heteroatoms. The molecule has 0 spiro atoms. The molecule has 0 fully saturated rings. The van der Waals surface area contributed by atoms with Crippen LogP contribution < -0.4 is 5.73 Å². The molecule has 5 N–H and O–H groups in total.